The Labute approximate surface area is 177 Å². The highest BCUT2D eigenvalue weighted by molar-refractivity contribution is 7.90. The molecule has 0 spiro atoms. The van der Waals surface area contributed by atoms with Crippen LogP contribution in [0.1, 0.15) is 25.7 Å². The molecule has 0 saturated carbocycles. The minimum Gasteiger partial charge on any atom is -0.377 e. The predicted octanol–water partition coefficient (Wildman–Crippen LogP) is 1.75. The zero-order valence-corrected chi connectivity index (χ0v) is 18.2. The largest absolute Gasteiger partial charge is 0.377 e. The molecule has 2 aliphatic rings. The van der Waals surface area contributed by atoms with Crippen molar-refractivity contribution in [2.75, 3.05) is 26.3 Å². The van der Waals surface area contributed by atoms with Gasteiger partial charge in [-0.2, -0.15) is 0 Å². The van der Waals surface area contributed by atoms with E-state index in [-0.39, 0.29) is 35.1 Å². The van der Waals surface area contributed by atoms with Crippen LogP contribution in [0.3, 0.4) is 0 Å². The Kier molecular flexibility index (Phi) is 6.42. The summed E-state index contributed by atoms with van der Waals surface area (Å²) in [6, 6.07) is 9.32. The van der Waals surface area contributed by atoms with E-state index in [1.807, 2.05) is 0 Å². The van der Waals surface area contributed by atoms with Crippen LogP contribution in [-0.2, 0) is 29.5 Å². The standard InChI is InChI=1S/C20H26N2O6S2/c23-29(24,21-13-15-5-3-11-27-15)19-9-1-7-17-18(19)8-2-10-20(17)30(25,26)22-14-16-6-4-12-28-16/h1-2,7-10,15-16,21-22H,3-6,11-14H2/t15-,16-/m0/s1. The molecule has 2 atom stereocenters. The fraction of sp³-hybridized carbons (Fsp3) is 0.500. The zero-order valence-electron chi connectivity index (χ0n) is 16.5. The van der Waals surface area contributed by atoms with E-state index in [4.69, 9.17) is 9.47 Å². The molecule has 0 unspecified atom stereocenters. The third-order valence-electron chi connectivity index (χ3n) is 5.47. The molecule has 30 heavy (non-hydrogen) atoms. The summed E-state index contributed by atoms with van der Waals surface area (Å²) < 4.78 is 67.8. The van der Waals surface area contributed by atoms with Gasteiger partial charge in [0.25, 0.3) is 0 Å². The van der Waals surface area contributed by atoms with Crippen molar-refractivity contribution in [1.29, 1.82) is 0 Å². The van der Waals surface area contributed by atoms with Gasteiger partial charge in [0.15, 0.2) is 0 Å². The molecule has 0 radical (unpaired) electrons. The number of nitrogens with one attached hydrogen (secondary N) is 2. The summed E-state index contributed by atoms with van der Waals surface area (Å²) >= 11 is 0. The Hall–Kier alpha value is -1.56. The molecule has 2 aromatic carbocycles. The number of fused-ring (bicyclic) bond motifs is 1. The van der Waals surface area contributed by atoms with Crippen molar-refractivity contribution < 1.29 is 26.3 Å². The Morgan fingerprint density at radius 2 is 1.17 bits per heavy atom. The second-order valence-electron chi connectivity index (χ2n) is 7.58. The molecule has 0 aliphatic carbocycles. The Morgan fingerprint density at radius 1 is 0.733 bits per heavy atom. The fourth-order valence-corrected chi connectivity index (χ4v) is 6.46. The molecule has 2 N–H and O–H groups in total. The van der Waals surface area contributed by atoms with E-state index in [0.29, 0.717) is 24.0 Å². The highest BCUT2D eigenvalue weighted by atomic mass is 32.2. The van der Waals surface area contributed by atoms with Gasteiger partial charge in [0.1, 0.15) is 0 Å². The summed E-state index contributed by atoms with van der Waals surface area (Å²) in [5.74, 6) is 0. The molecule has 2 heterocycles. The Bertz CT molecular complexity index is 1020. The smallest absolute Gasteiger partial charge is 0.241 e. The number of sulfonamides is 2. The molecular formula is C20H26N2O6S2. The predicted molar refractivity (Wildman–Crippen MR) is 112 cm³/mol. The summed E-state index contributed by atoms with van der Waals surface area (Å²) in [6.45, 7) is 1.67. The normalized spacial score (nSPS) is 22.7. The van der Waals surface area contributed by atoms with Crippen LogP contribution in [0, 0.1) is 0 Å². The molecule has 2 fully saturated rings. The number of benzene rings is 2. The van der Waals surface area contributed by atoms with Crippen LogP contribution in [0.15, 0.2) is 46.2 Å². The summed E-state index contributed by atoms with van der Waals surface area (Å²) in [5.41, 5.74) is 0. The first-order valence-corrected chi connectivity index (χ1v) is 13.1. The molecule has 2 aliphatic heterocycles. The molecule has 164 valence electrons. The van der Waals surface area contributed by atoms with Crippen LogP contribution in [0.25, 0.3) is 10.8 Å². The van der Waals surface area contributed by atoms with Gasteiger partial charge in [-0.3, -0.25) is 0 Å². The Balaban J connectivity index is 1.62. The van der Waals surface area contributed by atoms with Gasteiger partial charge in [-0.25, -0.2) is 26.3 Å². The summed E-state index contributed by atoms with van der Waals surface area (Å²) in [5, 5.41) is 0.717. The van der Waals surface area contributed by atoms with Gasteiger partial charge in [-0.05, 0) is 37.8 Å². The van der Waals surface area contributed by atoms with E-state index >= 15 is 0 Å². The van der Waals surface area contributed by atoms with E-state index < -0.39 is 20.0 Å². The van der Waals surface area contributed by atoms with Crippen LogP contribution in [0.4, 0.5) is 0 Å². The van der Waals surface area contributed by atoms with E-state index in [2.05, 4.69) is 9.44 Å². The van der Waals surface area contributed by atoms with Crippen molar-refractivity contribution in [2.24, 2.45) is 0 Å². The molecule has 8 nitrogen and oxygen atoms in total. The van der Waals surface area contributed by atoms with E-state index in [1.165, 1.54) is 12.1 Å². The molecule has 0 amide bonds. The van der Waals surface area contributed by atoms with Crippen molar-refractivity contribution in [3.8, 4) is 0 Å². The Morgan fingerprint density at radius 3 is 1.53 bits per heavy atom. The van der Waals surface area contributed by atoms with Gasteiger partial charge in [0.05, 0.1) is 22.0 Å². The highest BCUT2D eigenvalue weighted by Gasteiger charge is 2.25. The fourth-order valence-electron chi connectivity index (χ4n) is 3.89. The zero-order chi connectivity index (χ0) is 21.2. The van der Waals surface area contributed by atoms with Gasteiger partial charge in [-0.1, -0.05) is 24.3 Å². The molecule has 10 heteroatoms. The van der Waals surface area contributed by atoms with Crippen LogP contribution in [0.2, 0.25) is 0 Å². The number of hydrogen-bond donors (Lipinski definition) is 2. The number of hydrogen-bond acceptors (Lipinski definition) is 6. The van der Waals surface area contributed by atoms with Crippen LogP contribution in [0.5, 0.6) is 0 Å². The first kappa shape index (κ1) is 21.7. The van der Waals surface area contributed by atoms with Gasteiger partial charge < -0.3 is 9.47 Å². The van der Waals surface area contributed by atoms with Gasteiger partial charge in [0.2, 0.25) is 20.0 Å². The van der Waals surface area contributed by atoms with Crippen molar-refractivity contribution >= 4 is 30.8 Å². The van der Waals surface area contributed by atoms with Gasteiger partial charge in [0, 0.05) is 37.1 Å². The molecule has 2 aromatic rings. The minimum atomic E-state index is -3.83. The lowest BCUT2D eigenvalue weighted by molar-refractivity contribution is 0.114. The van der Waals surface area contributed by atoms with Crippen molar-refractivity contribution in [3.05, 3.63) is 36.4 Å². The van der Waals surface area contributed by atoms with Crippen LogP contribution in [-0.4, -0.2) is 55.3 Å². The SMILES string of the molecule is O=S(=O)(NC[C@@H]1CCCO1)c1cccc2c(S(=O)(=O)NC[C@@H]3CCCO3)cccc12. The third kappa shape index (κ3) is 4.68. The molecule has 0 aromatic heterocycles. The summed E-state index contributed by atoms with van der Waals surface area (Å²) in [7, 11) is -7.65. The first-order chi connectivity index (χ1) is 14.4. The van der Waals surface area contributed by atoms with E-state index in [0.717, 1.165) is 25.7 Å². The van der Waals surface area contributed by atoms with Gasteiger partial charge >= 0.3 is 0 Å². The average Bonchev–Trinajstić information content (AvgIpc) is 3.44. The quantitative estimate of drug-likeness (QED) is 0.629. The second kappa shape index (κ2) is 8.89. The summed E-state index contributed by atoms with van der Waals surface area (Å²) in [6.07, 6.45) is 3.20. The average molecular weight is 455 g/mol. The van der Waals surface area contributed by atoms with Crippen molar-refractivity contribution in [1.82, 2.24) is 9.44 Å². The molecular weight excluding hydrogens is 428 g/mol. The molecule has 2 saturated heterocycles. The molecule has 4 rings (SSSR count). The summed E-state index contributed by atoms with van der Waals surface area (Å²) in [4.78, 5) is 0.100. The third-order valence-corrected chi connectivity index (χ3v) is 8.43. The van der Waals surface area contributed by atoms with Crippen LogP contribution < -0.4 is 9.44 Å². The molecule has 0 bridgehead atoms. The maximum Gasteiger partial charge on any atom is 0.241 e. The van der Waals surface area contributed by atoms with Crippen molar-refractivity contribution in [3.63, 3.8) is 0 Å². The number of ether oxygens (including phenoxy) is 2. The lowest BCUT2D eigenvalue weighted by Crippen LogP contribution is -2.32. The second-order valence-corrected chi connectivity index (χ2v) is 11.1. The maximum atomic E-state index is 12.9. The van der Waals surface area contributed by atoms with E-state index in [9.17, 15) is 16.8 Å². The van der Waals surface area contributed by atoms with Gasteiger partial charge in [-0.15, -0.1) is 0 Å². The lowest BCUT2D eigenvalue weighted by atomic mass is 10.1. The maximum absolute atomic E-state index is 12.9. The first-order valence-electron chi connectivity index (χ1n) is 10.1. The minimum absolute atomic E-state index is 0.0502. The van der Waals surface area contributed by atoms with Crippen molar-refractivity contribution in [2.45, 2.75) is 47.7 Å². The lowest BCUT2D eigenvalue weighted by Gasteiger charge is -2.15. The number of rotatable bonds is 8. The topological polar surface area (TPSA) is 111 Å². The van der Waals surface area contributed by atoms with Crippen LogP contribution >= 0.6 is 0 Å². The highest BCUT2D eigenvalue weighted by Crippen LogP contribution is 2.28. The monoisotopic (exact) mass is 454 g/mol. The van der Waals surface area contributed by atoms with E-state index in [1.54, 1.807) is 24.3 Å².